The average molecular weight is 542 g/mol. The number of hydrogen-bond acceptors (Lipinski definition) is 7. The molecule has 0 radical (unpaired) electrons. The summed E-state index contributed by atoms with van der Waals surface area (Å²) in [5.41, 5.74) is 2.16. The molecule has 4 aromatic rings. The molecule has 0 spiro atoms. The predicted molar refractivity (Wildman–Crippen MR) is 147 cm³/mol. The van der Waals surface area contributed by atoms with Gasteiger partial charge in [-0.05, 0) is 56.5 Å². The van der Waals surface area contributed by atoms with Crippen molar-refractivity contribution in [1.82, 2.24) is 19.4 Å². The van der Waals surface area contributed by atoms with Crippen molar-refractivity contribution in [3.8, 4) is 11.9 Å². The fourth-order valence-corrected chi connectivity index (χ4v) is 5.58. The van der Waals surface area contributed by atoms with E-state index in [1.807, 2.05) is 24.3 Å². The third-order valence-electron chi connectivity index (χ3n) is 8.17. The summed E-state index contributed by atoms with van der Waals surface area (Å²) in [6.07, 6.45) is 2.33. The van der Waals surface area contributed by atoms with E-state index in [4.69, 9.17) is 19.7 Å². The average Bonchev–Trinajstić information content (AvgIpc) is 3.33. The summed E-state index contributed by atoms with van der Waals surface area (Å²) in [4.78, 5) is 11.9. The molecule has 2 aromatic carbocycles. The second kappa shape index (κ2) is 11.0. The number of benzene rings is 2. The molecule has 0 bridgehead atoms. The molecule has 2 fully saturated rings. The molecule has 0 unspecified atom stereocenters. The number of likely N-dealkylation sites (tertiary alicyclic amines) is 1. The third-order valence-corrected chi connectivity index (χ3v) is 8.17. The zero-order valence-corrected chi connectivity index (χ0v) is 22.5. The molecule has 2 aromatic heterocycles. The van der Waals surface area contributed by atoms with E-state index in [-0.39, 0.29) is 24.3 Å². The SMILES string of the molecule is C[C@@H](c1nc2ccccc2n1C[C@@H]1CCO1)N1CCC(O)(c2cccc(OCc3ccc(C#N)cc3F)n2)CC1. The van der Waals surface area contributed by atoms with Crippen molar-refractivity contribution in [3.63, 3.8) is 0 Å². The first kappa shape index (κ1) is 26.4. The number of nitriles is 1. The minimum Gasteiger partial charge on any atom is -0.473 e. The lowest BCUT2D eigenvalue weighted by Crippen LogP contribution is -2.44. The van der Waals surface area contributed by atoms with Crippen molar-refractivity contribution in [2.24, 2.45) is 0 Å². The minimum absolute atomic E-state index is 0.0232. The monoisotopic (exact) mass is 541 g/mol. The number of pyridine rings is 1. The van der Waals surface area contributed by atoms with Crippen LogP contribution in [0.4, 0.5) is 4.39 Å². The maximum absolute atomic E-state index is 14.3. The Morgan fingerprint density at radius 3 is 2.67 bits per heavy atom. The molecular formula is C31H32FN5O3. The fraction of sp³-hybridized carbons (Fsp3) is 0.387. The van der Waals surface area contributed by atoms with Crippen LogP contribution in [0.3, 0.4) is 0 Å². The van der Waals surface area contributed by atoms with Gasteiger partial charge in [0, 0.05) is 31.3 Å². The van der Waals surface area contributed by atoms with Crippen LogP contribution in [0.1, 0.15) is 54.9 Å². The maximum atomic E-state index is 14.3. The first-order valence-electron chi connectivity index (χ1n) is 13.8. The van der Waals surface area contributed by atoms with Crippen LogP contribution in [0, 0.1) is 17.1 Å². The number of nitrogens with zero attached hydrogens (tertiary/aromatic N) is 5. The topological polar surface area (TPSA) is 96.4 Å². The van der Waals surface area contributed by atoms with Crippen molar-refractivity contribution < 1.29 is 19.0 Å². The Kier molecular flexibility index (Phi) is 7.24. The highest BCUT2D eigenvalue weighted by Gasteiger charge is 2.38. The van der Waals surface area contributed by atoms with Gasteiger partial charge in [-0.1, -0.05) is 24.3 Å². The number of imidazole rings is 1. The summed E-state index contributed by atoms with van der Waals surface area (Å²) in [6, 6.07) is 19.8. The second-order valence-electron chi connectivity index (χ2n) is 10.7. The number of hydrogen-bond donors (Lipinski definition) is 1. The smallest absolute Gasteiger partial charge is 0.213 e. The highest BCUT2D eigenvalue weighted by Crippen LogP contribution is 2.36. The van der Waals surface area contributed by atoms with Crippen molar-refractivity contribution in [1.29, 1.82) is 5.26 Å². The Morgan fingerprint density at radius 1 is 1.15 bits per heavy atom. The molecule has 2 atom stereocenters. The van der Waals surface area contributed by atoms with Gasteiger partial charge in [-0.15, -0.1) is 0 Å². The predicted octanol–water partition coefficient (Wildman–Crippen LogP) is 4.85. The minimum atomic E-state index is -1.09. The van der Waals surface area contributed by atoms with Crippen LogP contribution in [0.2, 0.25) is 0 Å². The van der Waals surface area contributed by atoms with Gasteiger partial charge in [0.15, 0.2) is 0 Å². The molecule has 40 heavy (non-hydrogen) atoms. The zero-order valence-electron chi connectivity index (χ0n) is 22.5. The number of aliphatic hydroxyl groups is 1. The van der Waals surface area contributed by atoms with Gasteiger partial charge in [0.2, 0.25) is 5.88 Å². The summed E-state index contributed by atoms with van der Waals surface area (Å²) in [5.74, 6) is 0.840. The Bertz CT molecular complexity index is 1550. The molecule has 0 aliphatic carbocycles. The zero-order chi connectivity index (χ0) is 27.7. The van der Waals surface area contributed by atoms with Crippen molar-refractivity contribution >= 4 is 11.0 Å². The molecule has 6 rings (SSSR count). The molecule has 4 heterocycles. The van der Waals surface area contributed by atoms with Gasteiger partial charge in [0.1, 0.15) is 23.8 Å². The van der Waals surface area contributed by atoms with E-state index in [2.05, 4.69) is 33.5 Å². The van der Waals surface area contributed by atoms with Crippen LogP contribution in [0.15, 0.2) is 60.7 Å². The van der Waals surface area contributed by atoms with E-state index in [0.29, 0.717) is 43.1 Å². The molecule has 0 saturated carbocycles. The van der Waals surface area contributed by atoms with E-state index in [0.717, 1.165) is 36.4 Å². The number of rotatable bonds is 8. The summed E-state index contributed by atoms with van der Waals surface area (Å²) in [7, 11) is 0. The van der Waals surface area contributed by atoms with Crippen LogP contribution in [0.5, 0.6) is 5.88 Å². The second-order valence-corrected chi connectivity index (χ2v) is 10.7. The molecule has 1 N–H and O–H groups in total. The van der Waals surface area contributed by atoms with E-state index in [9.17, 15) is 9.50 Å². The summed E-state index contributed by atoms with van der Waals surface area (Å²) in [6.45, 7) is 5.14. The van der Waals surface area contributed by atoms with Crippen molar-refractivity contribution in [2.75, 3.05) is 19.7 Å². The number of ether oxygens (including phenoxy) is 2. The van der Waals surface area contributed by atoms with Crippen LogP contribution < -0.4 is 4.74 Å². The maximum Gasteiger partial charge on any atom is 0.213 e. The van der Waals surface area contributed by atoms with Crippen LogP contribution in [-0.4, -0.2) is 50.3 Å². The van der Waals surface area contributed by atoms with Crippen LogP contribution in [-0.2, 0) is 23.5 Å². The fourth-order valence-electron chi connectivity index (χ4n) is 5.58. The quantitative estimate of drug-likeness (QED) is 0.341. The molecule has 8 nitrogen and oxygen atoms in total. The Hall–Kier alpha value is -3.84. The van der Waals surface area contributed by atoms with Gasteiger partial charge in [-0.25, -0.2) is 14.4 Å². The van der Waals surface area contributed by atoms with Gasteiger partial charge in [-0.2, -0.15) is 5.26 Å². The van der Waals surface area contributed by atoms with Gasteiger partial charge in [0.05, 0.1) is 47.1 Å². The Labute approximate surface area is 232 Å². The van der Waals surface area contributed by atoms with Crippen molar-refractivity contribution in [3.05, 3.63) is 89.1 Å². The highest BCUT2D eigenvalue weighted by molar-refractivity contribution is 5.76. The van der Waals surface area contributed by atoms with E-state index < -0.39 is 11.4 Å². The summed E-state index contributed by atoms with van der Waals surface area (Å²) >= 11 is 0. The largest absolute Gasteiger partial charge is 0.473 e. The third kappa shape index (κ3) is 5.18. The first-order valence-corrected chi connectivity index (χ1v) is 13.8. The number of halogens is 1. The summed E-state index contributed by atoms with van der Waals surface area (Å²) < 4.78 is 28.0. The molecule has 2 saturated heterocycles. The molecule has 0 amide bonds. The lowest BCUT2D eigenvalue weighted by molar-refractivity contribution is -0.0602. The van der Waals surface area contributed by atoms with Crippen LogP contribution in [0.25, 0.3) is 11.0 Å². The molecular weight excluding hydrogens is 509 g/mol. The van der Waals surface area contributed by atoms with Gasteiger partial charge in [-0.3, -0.25) is 4.90 Å². The first-order chi connectivity index (χ1) is 19.4. The standard InChI is InChI=1S/C31H32FN5O3/c1-21(30-34-26-5-2-3-6-27(26)37(30)19-24-11-16-39-24)36-14-12-31(38,13-15-36)28-7-4-8-29(35-28)40-20-23-10-9-22(18-33)17-25(23)32/h2-10,17,21,24,38H,11-16,19-20H2,1H3/t21-,24-/m0/s1. The van der Waals surface area contributed by atoms with Gasteiger partial charge >= 0.3 is 0 Å². The number of aromatic nitrogens is 3. The lowest BCUT2D eigenvalue weighted by Gasteiger charge is -2.40. The van der Waals surface area contributed by atoms with E-state index >= 15 is 0 Å². The lowest BCUT2D eigenvalue weighted by atomic mass is 9.87. The number of fused-ring (bicyclic) bond motifs is 1. The Morgan fingerprint density at radius 2 is 1.95 bits per heavy atom. The van der Waals surface area contributed by atoms with E-state index in [1.165, 1.54) is 12.1 Å². The molecule has 206 valence electrons. The summed E-state index contributed by atoms with van der Waals surface area (Å²) in [5, 5.41) is 20.5. The van der Waals surface area contributed by atoms with Gasteiger partial charge < -0.3 is 19.1 Å². The molecule has 2 aliphatic heterocycles. The highest BCUT2D eigenvalue weighted by atomic mass is 19.1. The number of piperidine rings is 1. The Balaban J connectivity index is 1.13. The van der Waals surface area contributed by atoms with Crippen molar-refractivity contribution in [2.45, 2.75) is 57.1 Å². The molecule has 2 aliphatic rings. The molecule has 9 heteroatoms. The normalized spacial score (nSPS) is 19.6. The number of para-hydroxylation sites is 2. The van der Waals surface area contributed by atoms with E-state index in [1.54, 1.807) is 18.2 Å². The van der Waals surface area contributed by atoms with Gasteiger partial charge in [0.25, 0.3) is 0 Å². The van der Waals surface area contributed by atoms with Crippen LogP contribution >= 0.6 is 0 Å².